The first-order valence-corrected chi connectivity index (χ1v) is 7.22. The molecule has 96 valence electrons. The first kappa shape index (κ1) is 14.2. The van der Waals surface area contributed by atoms with Crippen molar-refractivity contribution < 1.29 is 18.9 Å². The average molecular weight is 258 g/mol. The third-order valence-electron chi connectivity index (χ3n) is 2.77. The van der Waals surface area contributed by atoms with Crippen LogP contribution in [0, 0.1) is 13.8 Å². The van der Waals surface area contributed by atoms with E-state index in [9.17, 15) is 4.57 Å². The highest BCUT2D eigenvalue weighted by molar-refractivity contribution is 7.46. The zero-order valence-electron chi connectivity index (χ0n) is 10.4. The zero-order chi connectivity index (χ0) is 13.1. The van der Waals surface area contributed by atoms with Crippen LogP contribution in [0.25, 0.3) is 0 Å². The van der Waals surface area contributed by atoms with E-state index in [1.165, 1.54) is 0 Å². The lowest BCUT2D eigenvalue weighted by Crippen LogP contribution is -1.99. The molecule has 0 unspecified atom stereocenters. The topological polar surface area (TPSA) is 66.8 Å². The number of hydrogen-bond acceptors (Lipinski definition) is 2. The lowest BCUT2D eigenvalue weighted by atomic mass is 10.0. The molecule has 0 spiro atoms. The molecule has 1 rings (SSSR count). The number of phosphoric acid groups is 1. The lowest BCUT2D eigenvalue weighted by molar-refractivity contribution is 0.281. The van der Waals surface area contributed by atoms with Gasteiger partial charge in [-0.3, -0.25) is 9.79 Å². The Morgan fingerprint density at radius 3 is 2.47 bits per heavy atom. The van der Waals surface area contributed by atoms with Gasteiger partial charge in [-0.1, -0.05) is 25.5 Å². The summed E-state index contributed by atoms with van der Waals surface area (Å²) in [4.78, 5) is 17.9. The molecule has 0 aliphatic heterocycles. The first-order chi connectivity index (χ1) is 7.85. The predicted octanol–water partition coefficient (Wildman–Crippen LogP) is 3.12. The van der Waals surface area contributed by atoms with Crippen molar-refractivity contribution >= 4 is 7.82 Å². The minimum atomic E-state index is -4.49. The van der Waals surface area contributed by atoms with Gasteiger partial charge in [-0.25, -0.2) is 4.57 Å². The van der Waals surface area contributed by atoms with Gasteiger partial charge in [-0.2, -0.15) is 0 Å². The number of benzene rings is 1. The number of aryl methyl sites for hydroxylation is 2. The molecule has 0 fully saturated rings. The van der Waals surface area contributed by atoms with Crippen molar-refractivity contribution in [2.24, 2.45) is 0 Å². The van der Waals surface area contributed by atoms with Gasteiger partial charge in [0.2, 0.25) is 0 Å². The maximum atomic E-state index is 11.0. The van der Waals surface area contributed by atoms with E-state index >= 15 is 0 Å². The van der Waals surface area contributed by atoms with Crippen LogP contribution in [0.4, 0.5) is 0 Å². The summed E-state index contributed by atoms with van der Waals surface area (Å²) in [7, 11) is -4.49. The van der Waals surface area contributed by atoms with Gasteiger partial charge in [0.15, 0.2) is 0 Å². The van der Waals surface area contributed by atoms with Gasteiger partial charge in [0.25, 0.3) is 0 Å². The zero-order valence-corrected chi connectivity index (χ0v) is 11.3. The third-order valence-corrected chi connectivity index (χ3v) is 3.19. The van der Waals surface area contributed by atoms with E-state index in [-0.39, 0.29) is 0 Å². The highest BCUT2D eigenvalue weighted by Crippen LogP contribution is 2.41. The Morgan fingerprint density at radius 2 is 1.94 bits per heavy atom. The van der Waals surface area contributed by atoms with Gasteiger partial charge in [-0.15, -0.1) is 0 Å². The number of phosphoric ester groups is 1. The van der Waals surface area contributed by atoms with Gasteiger partial charge in [0.05, 0.1) is 0 Å². The van der Waals surface area contributed by atoms with Crippen LogP contribution < -0.4 is 4.52 Å². The minimum Gasteiger partial charge on any atom is -0.404 e. The van der Waals surface area contributed by atoms with Crippen molar-refractivity contribution in [3.8, 4) is 5.75 Å². The minimum absolute atomic E-state index is 0.340. The Kier molecular flexibility index (Phi) is 4.75. The summed E-state index contributed by atoms with van der Waals surface area (Å²) in [6.07, 6.45) is 2.77. The monoisotopic (exact) mass is 258 g/mol. The Morgan fingerprint density at radius 1 is 1.29 bits per heavy atom. The van der Waals surface area contributed by atoms with E-state index in [1.807, 2.05) is 26.0 Å². The average Bonchev–Trinajstić information content (AvgIpc) is 2.22. The smallest absolute Gasteiger partial charge is 0.404 e. The van der Waals surface area contributed by atoms with Crippen molar-refractivity contribution in [2.45, 2.75) is 40.0 Å². The molecule has 0 heterocycles. The molecule has 0 aliphatic rings. The van der Waals surface area contributed by atoms with Gasteiger partial charge in [-0.05, 0) is 43.4 Å². The standard InChI is InChI=1S/C12H19O4P/c1-4-5-6-11-8-7-9(2)10(3)12(11)16-17(13,14)15/h7-8H,4-6H2,1-3H3,(H2,13,14,15). The number of rotatable bonds is 5. The molecule has 1 aromatic rings. The van der Waals surface area contributed by atoms with Gasteiger partial charge in [0, 0.05) is 0 Å². The SMILES string of the molecule is CCCCc1ccc(C)c(C)c1OP(=O)(O)O. The quantitative estimate of drug-likeness (QED) is 0.796. The van der Waals surface area contributed by atoms with Gasteiger partial charge < -0.3 is 4.52 Å². The second kappa shape index (κ2) is 5.67. The number of hydrogen-bond donors (Lipinski definition) is 2. The van der Waals surface area contributed by atoms with Crippen LogP contribution in [0.5, 0.6) is 5.75 Å². The fourth-order valence-corrected chi connectivity index (χ4v) is 2.15. The van der Waals surface area contributed by atoms with E-state index in [4.69, 9.17) is 14.3 Å². The van der Waals surface area contributed by atoms with Crippen LogP contribution in [-0.4, -0.2) is 9.79 Å². The molecule has 0 aromatic heterocycles. The summed E-state index contributed by atoms with van der Waals surface area (Å²) >= 11 is 0. The fourth-order valence-electron chi connectivity index (χ4n) is 1.66. The Hall–Kier alpha value is -0.830. The summed E-state index contributed by atoms with van der Waals surface area (Å²) in [6.45, 7) is 5.78. The van der Waals surface area contributed by atoms with E-state index in [0.717, 1.165) is 36.0 Å². The first-order valence-electron chi connectivity index (χ1n) is 5.69. The molecule has 1 aromatic carbocycles. The molecule has 0 saturated heterocycles. The molecule has 0 bridgehead atoms. The van der Waals surface area contributed by atoms with E-state index in [1.54, 1.807) is 0 Å². The molecule has 0 aliphatic carbocycles. The summed E-state index contributed by atoms with van der Waals surface area (Å²) in [5, 5.41) is 0. The van der Waals surface area contributed by atoms with Crippen molar-refractivity contribution in [3.63, 3.8) is 0 Å². The van der Waals surface area contributed by atoms with Crippen molar-refractivity contribution in [3.05, 3.63) is 28.8 Å². The molecule has 4 nitrogen and oxygen atoms in total. The van der Waals surface area contributed by atoms with E-state index < -0.39 is 7.82 Å². The van der Waals surface area contributed by atoms with Crippen LogP contribution in [0.3, 0.4) is 0 Å². The largest absolute Gasteiger partial charge is 0.524 e. The Bertz CT molecular complexity index is 436. The molecule has 0 radical (unpaired) electrons. The van der Waals surface area contributed by atoms with Crippen LogP contribution >= 0.6 is 7.82 Å². The maximum Gasteiger partial charge on any atom is 0.524 e. The fraction of sp³-hybridized carbons (Fsp3) is 0.500. The highest BCUT2D eigenvalue weighted by Gasteiger charge is 2.20. The van der Waals surface area contributed by atoms with E-state index in [0.29, 0.717) is 5.75 Å². The Labute approximate surface area is 102 Å². The lowest BCUT2D eigenvalue weighted by Gasteiger charge is -2.16. The van der Waals surface area contributed by atoms with Crippen LogP contribution in [0.1, 0.15) is 36.5 Å². The second-order valence-electron chi connectivity index (χ2n) is 4.18. The molecule has 2 N–H and O–H groups in total. The molecular weight excluding hydrogens is 239 g/mol. The van der Waals surface area contributed by atoms with Crippen LogP contribution in [-0.2, 0) is 11.0 Å². The van der Waals surface area contributed by atoms with Crippen molar-refractivity contribution in [1.29, 1.82) is 0 Å². The third kappa shape index (κ3) is 4.15. The molecule has 0 atom stereocenters. The summed E-state index contributed by atoms with van der Waals surface area (Å²) in [6, 6.07) is 3.83. The normalized spacial score (nSPS) is 11.6. The molecule has 5 heteroatoms. The van der Waals surface area contributed by atoms with Crippen LogP contribution in [0.15, 0.2) is 12.1 Å². The summed E-state index contributed by atoms with van der Waals surface area (Å²) < 4.78 is 15.8. The molecule has 17 heavy (non-hydrogen) atoms. The summed E-state index contributed by atoms with van der Waals surface area (Å²) in [5.41, 5.74) is 2.62. The van der Waals surface area contributed by atoms with Crippen LogP contribution in [0.2, 0.25) is 0 Å². The van der Waals surface area contributed by atoms with Crippen molar-refractivity contribution in [1.82, 2.24) is 0 Å². The second-order valence-corrected chi connectivity index (χ2v) is 5.34. The highest BCUT2D eigenvalue weighted by atomic mass is 31.2. The summed E-state index contributed by atoms with van der Waals surface area (Å²) in [5.74, 6) is 0.340. The molecular formula is C12H19O4P. The predicted molar refractivity (Wildman–Crippen MR) is 67.2 cm³/mol. The Balaban J connectivity index is 3.12. The molecule has 0 amide bonds. The maximum absolute atomic E-state index is 11.0. The van der Waals surface area contributed by atoms with Gasteiger partial charge in [0.1, 0.15) is 5.75 Å². The van der Waals surface area contributed by atoms with Gasteiger partial charge >= 0.3 is 7.82 Å². The van der Waals surface area contributed by atoms with Crippen molar-refractivity contribution in [2.75, 3.05) is 0 Å². The molecule has 0 saturated carbocycles. The van der Waals surface area contributed by atoms with E-state index in [2.05, 4.69) is 6.92 Å². The number of unbranched alkanes of at least 4 members (excludes halogenated alkanes) is 1.